The molecular formula is C41H75ClO9. The SMILES string of the molecule is CC(CCC(C(=O)Cl)C(C)CC(C)(C)C)CC(C)(C)C.COC(=O)[C@@H](CC(=O)[C@@H](C)CC(C)=O)CC(C)C.C[C@@H](CC(=O)OC(C)(C)C)C(=O)O. The Labute approximate surface area is 316 Å². The highest BCUT2D eigenvalue weighted by atomic mass is 35.5. The summed E-state index contributed by atoms with van der Waals surface area (Å²) in [6.45, 7) is 31.9. The topological polar surface area (TPSA) is 141 Å². The number of hydrogen-bond acceptors (Lipinski definition) is 8. The van der Waals surface area contributed by atoms with Crippen molar-refractivity contribution in [2.75, 3.05) is 7.11 Å². The maximum absolute atomic E-state index is 11.9. The molecule has 0 rings (SSSR count). The average molecular weight is 747 g/mol. The molecule has 9 nitrogen and oxygen atoms in total. The Morgan fingerprint density at radius 3 is 1.55 bits per heavy atom. The zero-order valence-corrected chi connectivity index (χ0v) is 36.0. The lowest BCUT2D eigenvalue weighted by molar-refractivity contribution is -0.159. The van der Waals surface area contributed by atoms with E-state index >= 15 is 0 Å². The second-order valence-electron chi connectivity index (χ2n) is 18.5. The number of ether oxygens (including phenoxy) is 2. The van der Waals surface area contributed by atoms with Crippen molar-refractivity contribution in [3.8, 4) is 0 Å². The molecule has 0 aromatic carbocycles. The van der Waals surface area contributed by atoms with Crippen molar-refractivity contribution in [1.82, 2.24) is 0 Å². The molecule has 0 aromatic heterocycles. The second kappa shape index (κ2) is 24.9. The lowest BCUT2D eigenvalue weighted by Crippen LogP contribution is -2.26. The molecule has 1 N–H and O–H groups in total. The lowest BCUT2D eigenvalue weighted by Gasteiger charge is -2.29. The van der Waals surface area contributed by atoms with Crippen LogP contribution in [0.5, 0.6) is 0 Å². The van der Waals surface area contributed by atoms with Gasteiger partial charge < -0.3 is 19.4 Å². The number of esters is 2. The van der Waals surface area contributed by atoms with Crippen LogP contribution in [0.1, 0.15) is 162 Å². The number of carboxylic acids is 1. The Morgan fingerprint density at radius 2 is 1.20 bits per heavy atom. The molecule has 0 saturated heterocycles. The highest BCUT2D eigenvalue weighted by molar-refractivity contribution is 6.64. The van der Waals surface area contributed by atoms with Crippen LogP contribution in [0.3, 0.4) is 0 Å². The first-order chi connectivity index (χ1) is 22.8. The molecule has 10 heteroatoms. The van der Waals surface area contributed by atoms with Crippen LogP contribution >= 0.6 is 11.6 Å². The van der Waals surface area contributed by atoms with Crippen LogP contribution in [0, 0.1) is 52.3 Å². The zero-order valence-electron chi connectivity index (χ0n) is 35.3. The molecule has 0 saturated carbocycles. The van der Waals surface area contributed by atoms with Gasteiger partial charge in [-0.25, -0.2) is 0 Å². The Balaban J connectivity index is -0.000000693. The number of hydrogen-bond donors (Lipinski definition) is 1. The molecule has 3 unspecified atom stereocenters. The number of Topliss-reactive ketones (excluding diaryl/α,β-unsaturated/α-hetero) is 2. The van der Waals surface area contributed by atoms with Crippen LogP contribution in [0.4, 0.5) is 0 Å². The van der Waals surface area contributed by atoms with Gasteiger partial charge in [0.15, 0.2) is 0 Å². The summed E-state index contributed by atoms with van der Waals surface area (Å²) in [6.07, 6.45) is 5.23. The Bertz CT molecular complexity index is 1080. The monoisotopic (exact) mass is 747 g/mol. The number of rotatable bonds is 18. The van der Waals surface area contributed by atoms with Crippen LogP contribution in [-0.4, -0.2) is 52.5 Å². The van der Waals surface area contributed by atoms with E-state index in [0.29, 0.717) is 29.6 Å². The van der Waals surface area contributed by atoms with Gasteiger partial charge in [-0.3, -0.25) is 24.0 Å². The van der Waals surface area contributed by atoms with Gasteiger partial charge in [-0.1, -0.05) is 83.1 Å². The molecule has 0 aliphatic carbocycles. The van der Waals surface area contributed by atoms with Crippen LogP contribution in [0.15, 0.2) is 0 Å². The number of methoxy groups -OCH3 is 1. The van der Waals surface area contributed by atoms with Gasteiger partial charge in [0.05, 0.1) is 25.4 Å². The fraction of sp³-hybridized carbons (Fsp3) is 0.854. The van der Waals surface area contributed by atoms with Gasteiger partial charge >= 0.3 is 17.9 Å². The van der Waals surface area contributed by atoms with Crippen molar-refractivity contribution >= 4 is 46.3 Å². The van der Waals surface area contributed by atoms with Crippen LogP contribution < -0.4 is 0 Å². The van der Waals surface area contributed by atoms with Gasteiger partial charge in [0.25, 0.3) is 0 Å². The third-order valence-electron chi connectivity index (χ3n) is 8.04. The number of aliphatic carboxylic acids is 1. The minimum absolute atomic E-state index is 0.00525. The summed E-state index contributed by atoms with van der Waals surface area (Å²) >= 11 is 5.85. The summed E-state index contributed by atoms with van der Waals surface area (Å²) in [7, 11) is 1.33. The molecule has 0 aliphatic rings. The summed E-state index contributed by atoms with van der Waals surface area (Å²) in [5.41, 5.74) is 0.0627. The molecule has 0 radical (unpaired) electrons. The van der Waals surface area contributed by atoms with E-state index in [1.165, 1.54) is 27.4 Å². The summed E-state index contributed by atoms with van der Waals surface area (Å²) in [6, 6.07) is 0. The molecule has 51 heavy (non-hydrogen) atoms. The normalized spacial score (nSPS) is 15.4. The predicted molar refractivity (Wildman–Crippen MR) is 206 cm³/mol. The van der Waals surface area contributed by atoms with E-state index in [4.69, 9.17) is 26.2 Å². The fourth-order valence-corrected chi connectivity index (χ4v) is 6.37. The first-order valence-corrected chi connectivity index (χ1v) is 18.9. The van der Waals surface area contributed by atoms with Crippen molar-refractivity contribution in [3.63, 3.8) is 0 Å². The fourth-order valence-electron chi connectivity index (χ4n) is 6.05. The molecule has 300 valence electrons. The van der Waals surface area contributed by atoms with E-state index in [1.807, 2.05) is 13.8 Å². The van der Waals surface area contributed by atoms with E-state index in [2.05, 4.69) is 55.4 Å². The van der Waals surface area contributed by atoms with E-state index in [0.717, 1.165) is 19.3 Å². The highest BCUT2D eigenvalue weighted by Crippen LogP contribution is 2.34. The molecule has 0 aliphatic heterocycles. The third-order valence-corrected chi connectivity index (χ3v) is 8.32. The van der Waals surface area contributed by atoms with Crippen LogP contribution in [0.25, 0.3) is 0 Å². The van der Waals surface area contributed by atoms with Crippen molar-refractivity contribution in [2.45, 2.75) is 168 Å². The van der Waals surface area contributed by atoms with Crippen molar-refractivity contribution in [3.05, 3.63) is 0 Å². The van der Waals surface area contributed by atoms with Gasteiger partial charge in [-0.15, -0.1) is 0 Å². The summed E-state index contributed by atoms with van der Waals surface area (Å²) < 4.78 is 9.67. The molecule has 0 heterocycles. The third kappa shape index (κ3) is 32.1. The first kappa shape index (κ1) is 53.1. The van der Waals surface area contributed by atoms with Gasteiger partial charge in [-0.2, -0.15) is 0 Å². The lowest BCUT2D eigenvalue weighted by atomic mass is 9.76. The van der Waals surface area contributed by atoms with E-state index in [-0.39, 0.29) is 59.3 Å². The Morgan fingerprint density at radius 1 is 0.706 bits per heavy atom. The summed E-state index contributed by atoms with van der Waals surface area (Å²) in [4.78, 5) is 67.7. The number of carbonyl (C=O) groups excluding carboxylic acids is 5. The minimum atomic E-state index is -0.981. The smallest absolute Gasteiger partial charge is 0.309 e. The Kier molecular flexibility index (Phi) is 25.9. The maximum Gasteiger partial charge on any atom is 0.309 e. The molecule has 0 spiro atoms. The van der Waals surface area contributed by atoms with Crippen molar-refractivity contribution in [1.29, 1.82) is 0 Å². The minimum Gasteiger partial charge on any atom is -0.481 e. The van der Waals surface area contributed by atoms with Crippen molar-refractivity contribution < 1.29 is 43.3 Å². The Hall–Kier alpha value is -2.29. The number of halogens is 1. The number of carbonyl (C=O) groups is 6. The van der Waals surface area contributed by atoms with Gasteiger partial charge in [0, 0.05) is 24.7 Å². The van der Waals surface area contributed by atoms with Gasteiger partial charge in [0.2, 0.25) is 5.24 Å². The maximum atomic E-state index is 11.9. The first-order valence-electron chi connectivity index (χ1n) is 18.6. The van der Waals surface area contributed by atoms with Gasteiger partial charge in [-0.05, 0) is 100.0 Å². The van der Waals surface area contributed by atoms with Crippen LogP contribution in [0.2, 0.25) is 0 Å². The van der Waals surface area contributed by atoms with Gasteiger partial charge in [0.1, 0.15) is 17.2 Å². The molecule has 0 bridgehead atoms. The second-order valence-corrected chi connectivity index (χ2v) is 18.8. The molecule has 0 fully saturated rings. The van der Waals surface area contributed by atoms with E-state index < -0.39 is 29.4 Å². The molecular weight excluding hydrogens is 672 g/mol. The molecule has 6 atom stereocenters. The highest BCUT2D eigenvalue weighted by Gasteiger charge is 2.29. The number of ketones is 2. The summed E-state index contributed by atoms with van der Waals surface area (Å²) in [5.74, 6) is -1.88. The molecule has 0 amide bonds. The van der Waals surface area contributed by atoms with Crippen molar-refractivity contribution in [2.24, 2.45) is 52.3 Å². The summed E-state index contributed by atoms with van der Waals surface area (Å²) in [5, 5.41) is 8.37. The molecule has 0 aromatic rings. The van der Waals surface area contributed by atoms with Crippen LogP contribution in [-0.2, 0) is 38.2 Å². The van der Waals surface area contributed by atoms with E-state index in [1.54, 1.807) is 27.7 Å². The van der Waals surface area contributed by atoms with E-state index in [9.17, 15) is 28.8 Å². The number of carboxylic acid groups (broad SMARTS) is 1. The quantitative estimate of drug-likeness (QED) is 0.107. The predicted octanol–water partition coefficient (Wildman–Crippen LogP) is 10.1. The zero-order chi connectivity index (χ0) is 41.1. The standard InChI is InChI=1S/C18H35ClO.C14H24O4.C9H16O4/c1-13(11-17(3,4)5)9-10-15(16(19)20)14(2)12-18(6,7)8;1-9(2)6-12(14(17)18-5)8-13(16)10(3)7-11(4)15;1-6(8(11)12)5-7(10)13-9(2,3)4/h13-15H,9-12H2,1-8H3;9-10,12H,6-8H2,1-5H3;6H,5H2,1-4H3,(H,11,12)/t;10-,12+;6-/m.00/s1. The largest absolute Gasteiger partial charge is 0.481 e. The average Bonchev–Trinajstić information content (AvgIpc) is 2.89.